The number of ether oxygens (including phenoxy) is 1. The van der Waals surface area contributed by atoms with Gasteiger partial charge in [0.05, 0.1) is 12.5 Å². The molecule has 108 valence electrons. The summed E-state index contributed by atoms with van der Waals surface area (Å²) in [4.78, 5) is 0.870. The van der Waals surface area contributed by atoms with Crippen LogP contribution in [0.4, 0.5) is 0 Å². The van der Waals surface area contributed by atoms with Crippen LogP contribution < -0.4 is 0 Å². The molecule has 1 saturated heterocycles. The molecule has 2 rings (SSSR count). The number of alkyl halides is 1. The third-order valence-corrected chi connectivity index (χ3v) is 7.03. The van der Waals surface area contributed by atoms with Crippen LogP contribution in [-0.4, -0.2) is 39.5 Å². The predicted octanol–water partition coefficient (Wildman–Crippen LogP) is 2.53. The maximum absolute atomic E-state index is 12.4. The van der Waals surface area contributed by atoms with Crippen molar-refractivity contribution in [3.8, 4) is 0 Å². The molecule has 0 aliphatic carbocycles. The number of rotatable bonds is 5. The molecule has 1 unspecified atom stereocenters. The van der Waals surface area contributed by atoms with Gasteiger partial charge in [-0.3, -0.25) is 0 Å². The van der Waals surface area contributed by atoms with Gasteiger partial charge in [-0.05, 0) is 30.9 Å². The molecule has 1 aromatic rings. The van der Waals surface area contributed by atoms with E-state index in [1.807, 2.05) is 0 Å². The standard InChI is InChI=1S/C12H18ClNO3S2/c1-14(8-10-3-2-6-17-9-10)19(15,16)12-5-4-11(7-13)18-12/h4-5,10H,2-3,6-9H2,1H3. The van der Waals surface area contributed by atoms with Gasteiger partial charge >= 0.3 is 0 Å². The van der Waals surface area contributed by atoms with Crippen molar-refractivity contribution in [1.82, 2.24) is 4.31 Å². The zero-order chi connectivity index (χ0) is 13.9. The number of nitrogens with zero attached hydrogens (tertiary/aromatic N) is 1. The zero-order valence-electron chi connectivity index (χ0n) is 10.8. The predicted molar refractivity (Wildman–Crippen MR) is 77.2 cm³/mol. The third kappa shape index (κ3) is 3.70. The Morgan fingerprint density at radius 1 is 1.53 bits per heavy atom. The molecule has 0 bridgehead atoms. The van der Waals surface area contributed by atoms with Gasteiger partial charge in [-0.25, -0.2) is 8.42 Å². The first kappa shape index (κ1) is 15.3. The minimum atomic E-state index is -3.39. The van der Waals surface area contributed by atoms with E-state index < -0.39 is 10.0 Å². The first-order chi connectivity index (χ1) is 9.04. The van der Waals surface area contributed by atoms with E-state index in [0.717, 1.165) is 24.3 Å². The Morgan fingerprint density at radius 2 is 2.32 bits per heavy atom. The van der Waals surface area contributed by atoms with Crippen LogP contribution >= 0.6 is 22.9 Å². The van der Waals surface area contributed by atoms with Crippen LogP contribution in [0.2, 0.25) is 0 Å². The van der Waals surface area contributed by atoms with Gasteiger partial charge in [0.1, 0.15) is 4.21 Å². The molecule has 0 saturated carbocycles. The minimum absolute atomic E-state index is 0.293. The van der Waals surface area contributed by atoms with E-state index >= 15 is 0 Å². The van der Waals surface area contributed by atoms with Crippen LogP contribution in [0.25, 0.3) is 0 Å². The van der Waals surface area contributed by atoms with Crippen molar-refractivity contribution >= 4 is 33.0 Å². The molecule has 2 heterocycles. The first-order valence-electron chi connectivity index (χ1n) is 6.23. The van der Waals surface area contributed by atoms with E-state index in [-0.39, 0.29) is 0 Å². The minimum Gasteiger partial charge on any atom is -0.381 e. The number of thiophene rings is 1. The molecule has 0 N–H and O–H groups in total. The molecule has 7 heteroatoms. The fraction of sp³-hybridized carbons (Fsp3) is 0.667. The molecule has 0 spiro atoms. The van der Waals surface area contributed by atoms with Crippen molar-refractivity contribution in [1.29, 1.82) is 0 Å². The molecular weight excluding hydrogens is 306 g/mol. The summed E-state index contributed by atoms with van der Waals surface area (Å²) in [6.45, 7) is 1.95. The topological polar surface area (TPSA) is 46.6 Å². The van der Waals surface area contributed by atoms with E-state index in [0.29, 0.717) is 29.2 Å². The average Bonchev–Trinajstić information content (AvgIpc) is 2.89. The van der Waals surface area contributed by atoms with Gasteiger partial charge in [0.2, 0.25) is 0 Å². The van der Waals surface area contributed by atoms with E-state index in [2.05, 4.69) is 0 Å². The van der Waals surface area contributed by atoms with Crippen LogP contribution in [0.3, 0.4) is 0 Å². The Labute approximate surface area is 123 Å². The summed E-state index contributed by atoms with van der Waals surface area (Å²) in [7, 11) is -1.76. The molecule has 1 fully saturated rings. The Morgan fingerprint density at radius 3 is 2.89 bits per heavy atom. The monoisotopic (exact) mass is 323 g/mol. The fourth-order valence-electron chi connectivity index (χ4n) is 2.14. The van der Waals surface area contributed by atoms with Crippen molar-refractivity contribution in [2.45, 2.75) is 22.9 Å². The maximum Gasteiger partial charge on any atom is 0.252 e. The Hall–Kier alpha value is -0.140. The number of hydrogen-bond donors (Lipinski definition) is 0. The molecule has 1 aliphatic heterocycles. The summed E-state index contributed by atoms with van der Waals surface area (Å²) in [6, 6.07) is 3.40. The largest absolute Gasteiger partial charge is 0.381 e. The van der Waals surface area contributed by atoms with Crippen molar-refractivity contribution in [3.63, 3.8) is 0 Å². The number of halogens is 1. The van der Waals surface area contributed by atoms with Crippen LogP contribution in [0, 0.1) is 5.92 Å². The van der Waals surface area contributed by atoms with Gasteiger partial charge in [-0.2, -0.15) is 4.31 Å². The Balaban J connectivity index is 2.05. The highest BCUT2D eigenvalue weighted by Gasteiger charge is 2.26. The molecule has 0 radical (unpaired) electrons. The summed E-state index contributed by atoms with van der Waals surface area (Å²) in [5.74, 6) is 0.640. The quantitative estimate of drug-likeness (QED) is 0.782. The van der Waals surface area contributed by atoms with E-state index in [9.17, 15) is 8.42 Å². The summed E-state index contributed by atoms with van der Waals surface area (Å²) < 4.78 is 32.0. The van der Waals surface area contributed by atoms with Crippen molar-refractivity contribution in [3.05, 3.63) is 17.0 Å². The highest BCUT2D eigenvalue weighted by molar-refractivity contribution is 7.91. The summed E-state index contributed by atoms with van der Waals surface area (Å²) in [5.41, 5.74) is 0. The lowest BCUT2D eigenvalue weighted by atomic mass is 10.0. The molecular formula is C12H18ClNO3S2. The fourth-order valence-corrected chi connectivity index (χ4v) is 5.05. The van der Waals surface area contributed by atoms with Crippen LogP contribution in [0.1, 0.15) is 17.7 Å². The Bertz CT molecular complexity index is 509. The summed E-state index contributed by atoms with van der Waals surface area (Å²) in [5, 5.41) is 0. The average molecular weight is 324 g/mol. The van der Waals surface area contributed by atoms with Gasteiger partial charge in [-0.1, -0.05) is 0 Å². The van der Waals surface area contributed by atoms with Crippen molar-refractivity contribution in [2.24, 2.45) is 5.92 Å². The summed E-state index contributed by atoms with van der Waals surface area (Å²) >= 11 is 6.95. The van der Waals surface area contributed by atoms with Crippen LogP contribution in [0.15, 0.2) is 16.3 Å². The van der Waals surface area contributed by atoms with Crippen LogP contribution in [-0.2, 0) is 20.6 Å². The van der Waals surface area contributed by atoms with Gasteiger partial charge in [-0.15, -0.1) is 22.9 Å². The van der Waals surface area contributed by atoms with Crippen LogP contribution in [0.5, 0.6) is 0 Å². The number of sulfonamides is 1. The highest BCUT2D eigenvalue weighted by Crippen LogP contribution is 2.26. The zero-order valence-corrected chi connectivity index (χ0v) is 13.2. The third-order valence-electron chi connectivity index (χ3n) is 3.20. The lowest BCUT2D eigenvalue weighted by Gasteiger charge is -2.26. The molecule has 0 amide bonds. The molecule has 0 aromatic carbocycles. The van der Waals surface area contributed by atoms with Crippen molar-refractivity contribution < 1.29 is 13.2 Å². The summed E-state index contributed by atoms with van der Waals surface area (Å²) in [6.07, 6.45) is 2.03. The maximum atomic E-state index is 12.4. The van der Waals surface area contributed by atoms with Gasteiger partial charge < -0.3 is 4.74 Å². The van der Waals surface area contributed by atoms with E-state index in [4.69, 9.17) is 16.3 Å². The lowest BCUT2D eigenvalue weighted by Crippen LogP contribution is -2.34. The van der Waals surface area contributed by atoms with Gasteiger partial charge in [0.25, 0.3) is 10.0 Å². The second-order valence-corrected chi connectivity index (χ2v) is 8.43. The number of hydrogen-bond acceptors (Lipinski definition) is 4. The van der Waals surface area contributed by atoms with Gasteiger partial charge in [0, 0.05) is 25.1 Å². The second-order valence-electron chi connectivity index (χ2n) is 4.72. The lowest BCUT2D eigenvalue weighted by molar-refractivity contribution is 0.0495. The van der Waals surface area contributed by atoms with Gasteiger partial charge in [0.15, 0.2) is 0 Å². The van der Waals surface area contributed by atoms with E-state index in [1.54, 1.807) is 19.2 Å². The first-order valence-corrected chi connectivity index (χ1v) is 9.02. The Kier molecular flexibility index (Phi) is 5.25. The SMILES string of the molecule is CN(CC1CCCOC1)S(=O)(=O)c1ccc(CCl)s1. The molecule has 1 atom stereocenters. The normalized spacial score (nSPS) is 20.9. The molecule has 1 aliphatic rings. The highest BCUT2D eigenvalue weighted by atomic mass is 35.5. The van der Waals surface area contributed by atoms with Crippen molar-refractivity contribution in [2.75, 3.05) is 26.8 Å². The molecule has 1 aromatic heterocycles. The molecule has 4 nitrogen and oxygen atoms in total. The smallest absolute Gasteiger partial charge is 0.252 e. The molecule has 19 heavy (non-hydrogen) atoms. The second kappa shape index (κ2) is 6.54. The van der Waals surface area contributed by atoms with E-state index in [1.165, 1.54) is 15.6 Å².